The van der Waals surface area contributed by atoms with E-state index in [1.54, 1.807) is 0 Å². The smallest absolute Gasteiger partial charge is 0.243 e. The second-order valence-electron chi connectivity index (χ2n) is 5.33. The van der Waals surface area contributed by atoms with Gasteiger partial charge in [0.1, 0.15) is 10.7 Å². The summed E-state index contributed by atoms with van der Waals surface area (Å²) in [6.45, 7) is 2.53. The van der Waals surface area contributed by atoms with Crippen LogP contribution in [-0.4, -0.2) is 15.0 Å². The van der Waals surface area contributed by atoms with Gasteiger partial charge in [0.05, 0.1) is 0 Å². The zero-order chi connectivity index (χ0) is 14.0. The highest BCUT2D eigenvalue weighted by Crippen LogP contribution is 2.30. The summed E-state index contributed by atoms with van der Waals surface area (Å²) in [4.78, 5) is -0.340. The maximum Gasteiger partial charge on any atom is 0.243 e. The molecule has 2 rings (SSSR count). The molecule has 0 aliphatic heterocycles. The molecule has 1 aromatic rings. The zero-order valence-corrected chi connectivity index (χ0v) is 11.7. The monoisotopic (exact) mass is 286 g/mol. The molecule has 0 spiro atoms. The van der Waals surface area contributed by atoms with Gasteiger partial charge in [-0.25, -0.2) is 17.5 Å². The molecule has 1 fully saturated rings. The summed E-state index contributed by atoms with van der Waals surface area (Å²) in [5.41, 5.74) is 5.61. The molecule has 0 amide bonds. The Kier molecular flexibility index (Phi) is 4.10. The van der Waals surface area contributed by atoms with Gasteiger partial charge in [0.25, 0.3) is 0 Å². The normalized spacial score (nSPS) is 23.7. The highest BCUT2D eigenvalue weighted by Gasteiger charge is 2.24. The van der Waals surface area contributed by atoms with E-state index in [2.05, 4.69) is 11.6 Å². The molecule has 4 nitrogen and oxygen atoms in total. The van der Waals surface area contributed by atoms with E-state index in [0.29, 0.717) is 18.4 Å². The van der Waals surface area contributed by atoms with Gasteiger partial charge in [0, 0.05) is 12.2 Å². The number of hydrogen-bond donors (Lipinski definition) is 2. The van der Waals surface area contributed by atoms with E-state index < -0.39 is 15.8 Å². The van der Waals surface area contributed by atoms with Crippen LogP contribution in [0.25, 0.3) is 0 Å². The summed E-state index contributed by atoms with van der Waals surface area (Å²) < 4.78 is 40.1. The van der Waals surface area contributed by atoms with Gasteiger partial charge in [-0.2, -0.15) is 0 Å². The van der Waals surface area contributed by atoms with E-state index >= 15 is 0 Å². The molecule has 1 aliphatic carbocycles. The number of nitrogens with two attached hydrogens (primary N) is 1. The quantitative estimate of drug-likeness (QED) is 0.833. The first-order chi connectivity index (χ1) is 8.88. The van der Waals surface area contributed by atoms with Crippen LogP contribution < -0.4 is 10.5 Å². The topological polar surface area (TPSA) is 72.2 Å². The van der Waals surface area contributed by atoms with Crippen molar-refractivity contribution in [3.05, 3.63) is 24.0 Å². The number of nitrogen functional groups attached to an aromatic ring is 1. The van der Waals surface area contributed by atoms with Crippen LogP contribution in [0.5, 0.6) is 0 Å². The van der Waals surface area contributed by atoms with Gasteiger partial charge in [-0.1, -0.05) is 13.3 Å². The van der Waals surface area contributed by atoms with Gasteiger partial charge in [0.2, 0.25) is 10.0 Å². The highest BCUT2D eigenvalue weighted by atomic mass is 32.2. The summed E-state index contributed by atoms with van der Waals surface area (Å²) in [5.74, 6) is 0.177. The third kappa shape index (κ3) is 3.45. The predicted molar refractivity (Wildman–Crippen MR) is 72.5 cm³/mol. The Morgan fingerprint density at radius 3 is 2.74 bits per heavy atom. The van der Waals surface area contributed by atoms with Gasteiger partial charge in [-0.15, -0.1) is 0 Å². The largest absolute Gasteiger partial charge is 0.399 e. The molecule has 3 N–H and O–H groups in total. The highest BCUT2D eigenvalue weighted by molar-refractivity contribution is 7.89. The number of hydrogen-bond acceptors (Lipinski definition) is 3. The standard InChI is InChI=1S/C13H19FN2O2S/c1-9-2-3-10(6-9)8-16-19(17,18)13-5-4-11(15)7-12(13)14/h4-5,7,9-10,16H,2-3,6,8,15H2,1H3. The van der Waals surface area contributed by atoms with Gasteiger partial charge in [-0.05, 0) is 42.9 Å². The van der Waals surface area contributed by atoms with Crippen molar-refractivity contribution < 1.29 is 12.8 Å². The molecule has 1 aliphatic rings. The van der Waals surface area contributed by atoms with Crippen LogP contribution in [0.1, 0.15) is 26.2 Å². The van der Waals surface area contributed by atoms with E-state index in [4.69, 9.17) is 5.73 Å². The van der Waals surface area contributed by atoms with Crippen LogP contribution >= 0.6 is 0 Å². The lowest BCUT2D eigenvalue weighted by atomic mass is 10.1. The molecule has 0 bridgehead atoms. The number of nitrogens with one attached hydrogen (secondary N) is 1. The fourth-order valence-electron chi connectivity index (χ4n) is 2.55. The Morgan fingerprint density at radius 2 is 2.16 bits per heavy atom. The summed E-state index contributed by atoms with van der Waals surface area (Å²) in [7, 11) is -3.79. The molecule has 0 aromatic heterocycles. The van der Waals surface area contributed by atoms with Crippen molar-refractivity contribution >= 4 is 15.7 Å². The van der Waals surface area contributed by atoms with Crippen LogP contribution in [-0.2, 0) is 10.0 Å². The van der Waals surface area contributed by atoms with Gasteiger partial charge in [0.15, 0.2) is 0 Å². The lowest BCUT2D eigenvalue weighted by Gasteiger charge is -2.12. The molecule has 6 heteroatoms. The Hall–Kier alpha value is -1.14. The lowest BCUT2D eigenvalue weighted by molar-refractivity contribution is 0.495. The van der Waals surface area contributed by atoms with Crippen molar-refractivity contribution in [2.24, 2.45) is 11.8 Å². The molecule has 2 atom stereocenters. The molecular weight excluding hydrogens is 267 g/mol. The molecule has 0 saturated heterocycles. The first kappa shape index (κ1) is 14.3. The zero-order valence-electron chi connectivity index (χ0n) is 10.9. The molecule has 1 saturated carbocycles. The number of benzene rings is 1. The Bertz CT molecular complexity index is 560. The Labute approximate surface area is 113 Å². The number of anilines is 1. The third-order valence-electron chi connectivity index (χ3n) is 3.61. The molecule has 19 heavy (non-hydrogen) atoms. The van der Waals surface area contributed by atoms with Crippen molar-refractivity contribution in [3.63, 3.8) is 0 Å². The van der Waals surface area contributed by atoms with E-state index in [9.17, 15) is 12.8 Å². The first-order valence-corrected chi connectivity index (χ1v) is 7.91. The van der Waals surface area contributed by atoms with Crippen LogP contribution in [0.4, 0.5) is 10.1 Å². The fourth-order valence-corrected chi connectivity index (χ4v) is 3.72. The van der Waals surface area contributed by atoms with Crippen molar-refractivity contribution in [3.8, 4) is 0 Å². The third-order valence-corrected chi connectivity index (χ3v) is 5.07. The minimum Gasteiger partial charge on any atom is -0.399 e. The fraction of sp³-hybridized carbons (Fsp3) is 0.538. The van der Waals surface area contributed by atoms with E-state index in [-0.39, 0.29) is 10.6 Å². The Balaban J connectivity index is 2.06. The molecule has 0 heterocycles. The minimum absolute atomic E-state index is 0.209. The lowest BCUT2D eigenvalue weighted by Crippen LogP contribution is -2.29. The average molecular weight is 286 g/mol. The maximum atomic E-state index is 13.6. The first-order valence-electron chi connectivity index (χ1n) is 6.43. The Morgan fingerprint density at radius 1 is 1.42 bits per heavy atom. The van der Waals surface area contributed by atoms with Crippen LogP contribution in [0.15, 0.2) is 23.1 Å². The number of halogens is 1. The minimum atomic E-state index is -3.79. The van der Waals surface area contributed by atoms with Crippen molar-refractivity contribution in [1.82, 2.24) is 4.72 Å². The van der Waals surface area contributed by atoms with Gasteiger partial charge < -0.3 is 5.73 Å². The van der Waals surface area contributed by atoms with E-state index in [1.165, 1.54) is 12.1 Å². The van der Waals surface area contributed by atoms with Crippen molar-refractivity contribution in [1.29, 1.82) is 0 Å². The second-order valence-corrected chi connectivity index (χ2v) is 7.06. The summed E-state index contributed by atoms with van der Waals surface area (Å²) in [6, 6.07) is 3.60. The molecule has 106 valence electrons. The van der Waals surface area contributed by atoms with Gasteiger partial charge in [-0.3, -0.25) is 0 Å². The van der Waals surface area contributed by atoms with Crippen molar-refractivity contribution in [2.75, 3.05) is 12.3 Å². The van der Waals surface area contributed by atoms with Crippen LogP contribution in [0.2, 0.25) is 0 Å². The number of sulfonamides is 1. The van der Waals surface area contributed by atoms with Crippen molar-refractivity contribution in [2.45, 2.75) is 31.1 Å². The van der Waals surface area contributed by atoms with Gasteiger partial charge >= 0.3 is 0 Å². The van der Waals surface area contributed by atoms with Crippen LogP contribution in [0, 0.1) is 17.7 Å². The second kappa shape index (κ2) is 5.46. The average Bonchev–Trinajstić information content (AvgIpc) is 2.72. The molecular formula is C13H19FN2O2S. The molecule has 1 aromatic carbocycles. The summed E-state index contributed by atoms with van der Waals surface area (Å²) in [5, 5.41) is 0. The van der Waals surface area contributed by atoms with Crippen LogP contribution in [0.3, 0.4) is 0 Å². The maximum absolute atomic E-state index is 13.6. The SMILES string of the molecule is CC1CCC(CNS(=O)(=O)c2ccc(N)cc2F)C1. The molecule has 2 unspecified atom stereocenters. The van der Waals surface area contributed by atoms with E-state index in [0.717, 1.165) is 25.3 Å². The van der Waals surface area contributed by atoms with E-state index in [1.807, 2.05) is 0 Å². The summed E-state index contributed by atoms with van der Waals surface area (Å²) >= 11 is 0. The summed E-state index contributed by atoms with van der Waals surface area (Å²) in [6.07, 6.45) is 3.17. The molecule has 0 radical (unpaired) electrons. The predicted octanol–water partition coefficient (Wildman–Crippen LogP) is 2.12. The number of rotatable bonds is 4.